The van der Waals surface area contributed by atoms with Gasteiger partial charge in [0.15, 0.2) is 11.5 Å². The third kappa shape index (κ3) is 4.25. The van der Waals surface area contributed by atoms with Gasteiger partial charge in [-0.25, -0.2) is 0 Å². The fraction of sp³-hybridized carbons (Fsp3) is 0.238. The van der Waals surface area contributed by atoms with Crippen LogP contribution in [-0.4, -0.2) is 25.3 Å². The summed E-state index contributed by atoms with van der Waals surface area (Å²) < 4.78 is 21.5. The smallest absolute Gasteiger partial charge is 0.255 e. The van der Waals surface area contributed by atoms with Gasteiger partial charge in [0.2, 0.25) is 0 Å². The summed E-state index contributed by atoms with van der Waals surface area (Å²) >= 11 is 0. The topological polar surface area (TPSA) is 82.8 Å². The number of hydrogen-bond acceptors (Lipinski definition) is 6. The zero-order valence-electron chi connectivity index (χ0n) is 16.2. The molecule has 0 fully saturated rings. The predicted octanol–water partition coefficient (Wildman–Crippen LogP) is 4.14. The molecule has 146 valence electrons. The maximum atomic E-state index is 12.5. The molecule has 7 heteroatoms. The Morgan fingerprint density at radius 1 is 1.04 bits per heavy atom. The molecule has 0 radical (unpaired) electrons. The summed E-state index contributed by atoms with van der Waals surface area (Å²) in [4.78, 5) is 12.5. The number of carbonyl (C=O) groups is 1. The second kappa shape index (κ2) is 8.47. The summed E-state index contributed by atoms with van der Waals surface area (Å²) in [5, 5.41) is 6.75. The number of methoxy groups -OCH3 is 2. The number of anilines is 1. The molecule has 0 atom stereocenters. The van der Waals surface area contributed by atoms with Gasteiger partial charge in [-0.1, -0.05) is 5.16 Å². The molecule has 1 N–H and O–H groups in total. The number of amides is 1. The molecule has 1 aromatic heterocycles. The maximum Gasteiger partial charge on any atom is 0.255 e. The minimum absolute atomic E-state index is 0.249. The van der Waals surface area contributed by atoms with Crippen LogP contribution in [0.3, 0.4) is 0 Å². The summed E-state index contributed by atoms with van der Waals surface area (Å²) in [6, 6.07) is 12.1. The number of carbonyl (C=O) groups excluding carboxylic acids is 1. The van der Waals surface area contributed by atoms with E-state index in [1.807, 2.05) is 13.8 Å². The minimum Gasteiger partial charge on any atom is -0.497 e. The molecule has 0 aliphatic rings. The van der Waals surface area contributed by atoms with E-state index in [4.69, 9.17) is 18.7 Å². The van der Waals surface area contributed by atoms with Gasteiger partial charge in [0.25, 0.3) is 5.91 Å². The van der Waals surface area contributed by atoms with Crippen LogP contribution in [0.15, 0.2) is 47.0 Å². The van der Waals surface area contributed by atoms with Crippen molar-refractivity contribution in [3.8, 4) is 17.2 Å². The number of hydrogen-bond donors (Lipinski definition) is 1. The van der Waals surface area contributed by atoms with Gasteiger partial charge in [0, 0.05) is 11.3 Å². The third-order valence-corrected chi connectivity index (χ3v) is 4.33. The van der Waals surface area contributed by atoms with Crippen LogP contribution >= 0.6 is 0 Å². The molecule has 3 rings (SSSR count). The van der Waals surface area contributed by atoms with Crippen LogP contribution in [0.1, 0.15) is 27.4 Å². The number of nitrogens with one attached hydrogen (secondary N) is 1. The Morgan fingerprint density at radius 3 is 2.39 bits per heavy atom. The fourth-order valence-corrected chi connectivity index (χ4v) is 2.66. The van der Waals surface area contributed by atoms with Crippen LogP contribution in [0.2, 0.25) is 0 Å². The second-order valence-electron chi connectivity index (χ2n) is 6.14. The molecule has 1 heterocycles. The van der Waals surface area contributed by atoms with Crippen molar-refractivity contribution in [1.29, 1.82) is 0 Å². The summed E-state index contributed by atoms with van der Waals surface area (Å²) in [6.45, 7) is 4.00. The molecular weight excluding hydrogens is 360 g/mol. The summed E-state index contributed by atoms with van der Waals surface area (Å²) in [5.74, 6) is 2.19. The van der Waals surface area contributed by atoms with E-state index < -0.39 is 0 Å². The summed E-state index contributed by atoms with van der Waals surface area (Å²) in [5.41, 5.74) is 2.80. The number of rotatable bonds is 7. The van der Waals surface area contributed by atoms with Crippen LogP contribution in [0.25, 0.3) is 0 Å². The van der Waals surface area contributed by atoms with E-state index in [9.17, 15) is 4.79 Å². The lowest BCUT2D eigenvalue weighted by Crippen LogP contribution is -2.12. The van der Waals surface area contributed by atoms with Crippen molar-refractivity contribution in [3.05, 3.63) is 65.0 Å². The molecule has 28 heavy (non-hydrogen) atoms. The summed E-state index contributed by atoms with van der Waals surface area (Å²) in [6.07, 6.45) is 0. The molecule has 0 spiro atoms. The SMILES string of the molecule is COc1ccc(NC(=O)c2ccc(OCc3c(C)noc3C)c(OC)c2)cc1. The molecular formula is C21H22N2O5. The standard InChI is InChI=1S/C21H22N2O5/c1-13-18(14(2)28-23-13)12-27-19-10-5-15(11-20(19)26-4)21(24)22-16-6-8-17(25-3)9-7-16/h5-11H,12H2,1-4H3,(H,22,24). The van der Waals surface area contributed by atoms with Gasteiger partial charge in [0.1, 0.15) is 18.1 Å². The molecule has 2 aromatic carbocycles. The Morgan fingerprint density at radius 2 is 1.79 bits per heavy atom. The Hall–Kier alpha value is -3.48. The highest BCUT2D eigenvalue weighted by atomic mass is 16.5. The van der Waals surface area contributed by atoms with Gasteiger partial charge < -0.3 is 24.1 Å². The highest BCUT2D eigenvalue weighted by Crippen LogP contribution is 2.30. The Balaban J connectivity index is 1.71. The lowest BCUT2D eigenvalue weighted by molar-refractivity contribution is 0.102. The molecule has 0 aliphatic heterocycles. The fourth-order valence-electron chi connectivity index (χ4n) is 2.66. The van der Waals surface area contributed by atoms with E-state index in [2.05, 4.69) is 10.5 Å². The Bertz CT molecular complexity index is 944. The van der Waals surface area contributed by atoms with Crippen LogP contribution in [0.5, 0.6) is 17.2 Å². The highest BCUT2D eigenvalue weighted by molar-refractivity contribution is 6.04. The first-order valence-corrected chi connectivity index (χ1v) is 8.69. The molecule has 0 saturated carbocycles. The number of aryl methyl sites for hydroxylation is 2. The lowest BCUT2D eigenvalue weighted by Gasteiger charge is -2.12. The van der Waals surface area contributed by atoms with Crippen molar-refractivity contribution in [1.82, 2.24) is 5.16 Å². The maximum absolute atomic E-state index is 12.5. The third-order valence-electron chi connectivity index (χ3n) is 4.33. The minimum atomic E-state index is -0.249. The molecule has 0 bridgehead atoms. The zero-order chi connectivity index (χ0) is 20.1. The molecule has 1 amide bonds. The zero-order valence-corrected chi connectivity index (χ0v) is 16.2. The van der Waals surface area contributed by atoms with Gasteiger partial charge in [-0.05, 0) is 56.3 Å². The normalized spacial score (nSPS) is 10.4. The van der Waals surface area contributed by atoms with Crippen LogP contribution < -0.4 is 19.5 Å². The predicted molar refractivity (Wildman–Crippen MR) is 104 cm³/mol. The van der Waals surface area contributed by atoms with E-state index in [0.717, 1.165) is 17.0 Å². The van der Waals surface area contributed by atoms with Gasteiger partial charge >= 0.3 is 0 Å². The molecule has 3 aromatic rings. The number of benzene rings is 2. The highest BCUT2D eigenvalue weighted by Gasteiger charge is 2.14. The van der Waals surface area contributed by atoms with Crippen molar-refractivity contribution in [3.63, 3.8) is 0 Å². The lowest BCUT2D eigenvalue weighted by atomic mass is 10.1. The number of ether oxygens (including phenoxy) is 3. The number of aromatic nitrogens is 1. The molecule has 0 unspecified atom stereocenters. The van der Waals surface area contributed by atoms with Crippen LogP contribution in [0.4, 0.5) is 5.69 Å². The van der Waals surface area contributed by atoms with Crippen molar-refractivity contribution in [2.24, 2.45) is 0 Å². The van der Waals surface area contributed by atoms with E-state index in [1.165, 1.54) is 7.11 Å². The average Bonchev–Trinajstić information content (AvgIpc) is 3.04. The number of nitrogens with zero attached hydrogens (tertiary/aromatic N) is 1. The average molecular weight is 382 g/mol. The van der Waals surface area contributed by atoms with Gasteiger partial charge in [-0.3, -0.25) is 4.79 Å². The Labute approximate surface area is 163 Å². The van der Waals surface area contributed by atoms with Crippen molar-refractivity contribution < 1.29 is 23.5 Å². The van der Waals surface area contributed by atoms with E-state index >= 15 is 0 Å². The largest absolute Gasteiger partial charge is 0.497 e. The van der Waals surface area contributed by atoms with Crippen LogP contribution in [0, 0.1) is 13.8 Å². The van der Waals surface area contributed by atoms with E-state index in [0.29, 0.717) is 35.1 Å². The van der Waals surface area contributed by atoms with Crippen molar-refractivity contribution >= 4 is 11.6 Å². The first-order chi connectivity index (χ1) is 13.5. The first kappa shape index (κ1) is 19.3. The van der Waals surface area contributed by atoms with Crippen LogP contribution in [-0.2, 0) is 6.61 Å². The van der Waals surface area contributed by atoms with Crippen molar-refractivity contribution in [2.45, 2.75) is 20.5 Å². The van der Waals surface area contributed by atoms with E-state index in [1.54, 1.807) is 49.6 Å². The monoisotopic (exact) mass is 382 g/mol. The molecule has 7 nitrogen and oxygen atoms in total. The van der Waals surface area contributed by atoms with Gasteiger partial charge in [-0.15, -0.1) is 0 Å². The first-order valence-electron chi connectivity index (χ1n) is 8.69. The molecule has 0 aliphatic carbocycles. The molecule has 0 saturated heterocycles. The second-order valence-corrected chi connectivity index (χ2v) is 6.14. The van der Waals surface area contributed by atoms with Gasteiger partial charge in [-0.2, -0.15) is 0 Å². The van der Waals surface area contributed by atoms with Crippen molar-refractivity contribution in [2.75, 3.05) is 19.5 Å². The Kier molecular flexibility index (Phi) is 5.84. The summed E-state index contributed by atoms with van der Waals surface area (Å²) in [7, 11) is 3.12. The van der Waals surface area contributed by atoms with E-state index in [-0.39, 0.29) is 5.91 Å². The van der Waals surface area contributed by atoms with Gasteiger partial charge in [0.05, 0.1) is 25.5 Å². The quantitative estimate of drug-likeness (QED) is 0.661.